The summed E-state index contributed by atoms with van der Waals surface area (Å²) in [5.41, 5.74) is 3.81. The van der Waals surface area contributed by atoms with Gasteiger partial charge in [0.25, 0.3) is 0 Å². The number of anilines is 1. The molecular formula is C20H21ClN2O2. The Morgan fingerprint density at radius 3 is 2.52 bits per heavy atom. The van der Waals surface area contributed by atoms with Crippen molar-refractivity contribution in [1.29, 1.82) is 0 Å². The average Bonchev–Trinajstić information content (AvgIpc) is 2.89. The average molecular weight is 357 g/mol. The second kappa shape index (κ2) is 6.26. The minimum Gasteiger partial charge on any atom is -0.465 e. The van der Waals surface area contributed by atoms with E-state index < -0.39 is 6.09 Å². The van der Waals surface area contributed by atoms with E-state index in [4.69, 9.17) is 11.6 Å². The largest absolute Gasteiger partial charge is 0.465 e. The normalized spacial score (nSPS) is 18.4. The number of benzene rings is 2. The molecule has 2 aliphatic rings. The highest BCUT2D eigenvalue weighted by molar-refractivity contribution is 6.30. The lowest BCUT2D eigenvalue weighted by molar-refractivity contribution is 0.119. The topological polar surface area (TPSA) is 43.8 Å². The van der Waals surface area contributed by atoms with Gasteiger partial charge in [-0.2, -0.15) is 0 Å². The summed E-state index contributed by atoms with van der Waals surface area (Å²) in [5, 5.41) is 9.99. The molecule has 0 unspecified atom stereocenters. The van der Waals surface area contributed by atoms with E-state index in [1.54, 1.807) is 0 Å². The first-order valence-electron chi connectivity index (χ1n) is 8.64. The van der Waals surface area contributed by atoms with Crippen molar-refractivity contribution in [2.75, 3.05) is 24.5 Å². The third kappa shape index (κ3) is 2.95. The Morgan fingerprint density at radius 1 is 1.12 bits per heavy atom. The van der Waals surface area contributed by atoms with Crippen LogP contribution in [0.1, 0.15) is 24.0 Å². The third-order valence-corrected chi connectivity index (χ3v) is 5.81. The van der Waals surface area contributed by atoms with E-state index in [-0.39, 0.29) is 5.41 Å². The second-order valence-corrected chi connectivity index (χ2v) is 7.49. The molecule has 1 amide bonds. The van der Waals surface area contributed by atoms with Gasteiger partial charge in [0, 0.05) is 42.3 Å². The minimum absolute atomic E-state index is 0.0284. The standard InChI is InChI=1S/C20H21ClN2O2/c21-16-6-7-17-18(12-16)23(13-15-4-2-1-3-5-15)14-20(17)8-10-22(11-9-20)19(24)25/h1-7,12H,8-11,13-14H2,(H,24,25). The number of amides is 1. The van der Waals surface area contributed by atoms with E-state index in [1.165, 1.54) is 21.7 Å². The SMILES string of the molecule is O=C(O)N1CCC2(CC1)CN(Cc1ccccc1)c1cc(Cl)ccc12. The lowest BCUT2D eigenvalue weighted by Gasteiger charge is -2.39. The fraction of sp³-hybridized carbons (Fsp3) is 0.350. The van der Waals surface area contributed by atoms with E-state index in [9.17, 15) is 9.90 Å². The molecule has 130 valence electrons. The maximum absolute atomic E-state index is 11.3. The first-order valence-corrected chi connectivity index (χ1v) is 9.02. The summed E-state index contributed by atoms with van der Waals surface area (Å²) in [6, 6.07) is 16.6. The van der Waals surface area contributed by atoms with Crippen LogP contribution in [0.25, 0.3) is 0 Å². The monoisotopic (exact) mass is 356 g/mol. The van der Waals surface area contributed by atoms with Gasteiger partial charge in [-0.1, -0.05) is 48.0 Å². The molecule has 2 aromatic rings. The Morgan fingerprint density at radius 2 is 1.84 bits per heavy atom. The highest BCUT2D eigenvalue weighted by Gasteiger charge is 2.45. The Labute approximate surface area is 152 Å². The van der Waals surface area contributed by atoms with Gasteiger partial charge in [-0.05, 0) is 36.1 Å². The molecular weight excluding hydrogens is 336 g/mol. The van der Waals surface area contributed by atoms with Crippen molar-refractivity contribution in [1.82, 2.24) is 4.90 Å². The summed E-state index contributed by atoms with van der Waals surface area (Å²) in [5.74, 6) is 0. The molecule has 0 aromatic heterocycles. The molecule has 2 aliphatic heterocycles. The van der Waals surface area contributed by atoms with E-state index in [0.717, 1.165) is 31.0 Å². The Bertz CT molecular complexity index is 786. The molecule has 1 saturated heterocycles. The van der Waals surface area contributed by atoms with Crippen molar-refractivity contribution in [2.45, 2.75) is 24.8 Å². The lowest BCUT2D eigenvalue weighted by atomic mass is 9.74. The molecule has 1 N–H and O–H groups in total. The quantitative estimate of drug-likeness (QED) is 0.868. The fourth-order valence-electron chi connectivity index (χ4n) is 4.25. The van der Waals surface area contributed by atoms with Gasteiger partial charge in [-0.25, -0.2) is 4.79 Å². The number of hydrogen-bond acceptors (Lipinski definition) is 2. The predicted molar refractivity (Wildman–Crippen MR) is 99.5 cm³/mol. The van der Waals surface area contributed by atoms with Crippen molar-refractivity contribution in [3.05, 3.63) is 64.7 Å². The summed E-state index contributed by atoms with van der Waals surface area (Å²) in [4.78, 5) is 15.2. The molecule has 2 heterocycles. The number of carboxylic acid groups (broad SMARTS) is 1. The summed E-state index contributed by atoms with van der Waals surface area (Å²) >= 11 is 6.27. The van der Waals surface area contributed by atoms with Crippen LogP contribution in [-0.4, -0.2) is 35.7 Å². The smallest absolute Gasteiger partial charge is 0.407 e. The molecule has 1 spiro atoms. The molecule has 0 bridgehead atoms. The van der Waals surface area contributed by atoms with Crippen LogP contribution in [0, 0.1) is 0 Å². The van der Waals surface area contributed by atoms with Crippen molar-refractivity contribution < 1.29 is 9.90 Å². The Hall–Kier alpha value is -2.20. The fourth-order valence-corrected chi connectivity index (χ4v) is 4.42. The molecule has 2 aromatic carbocycles. The molecule has 0 saturated carbocycles. The van der Waals surface area contributed by atoms with E-state index >= 15 is 0 Å². The van der Waals surface area contributed by atoms with Gasteiger partial charge < -0.3 is 14.9 Å². The zero-order valence-corrected chi connectivity index (χ0v) is 14.7. The highest BCUT2D eigenvalue weighted by Crippen LogP contribution is 2.48. The van der Waals surface area contributed by atoms with Crippen LogP contribution in [0.5, 0.6) is 0 Å². The van der Waals surface area contributed by atoms with Crippen LogP contribution in [-0.2, 0) is 12.0 Å². The van der Waals surface area contributed by atoms with Crippen LogP contribution < -0.4 is 4.90 Å². The van der Waals surface area contributed by atoms with Gasteiger partial charge in [-0.15, -0.1) is 0 Å². The number of piperidine rings is 1. The maximum atomic E-state index is 11.3. The van der Waals surface area contributed by atoms with Crippen molar-refractivity contribution in [3.8, 4) is 0 Å². The Kier molecular flexibility index (Phi) is 4.08. The van der Waals surface area contributed by atoms with E-state index in [1.807, 2.05) is 12.1 Å². The number of halogens is 1. The minimum atomic E-state index is -0.815. The molecule has 4 rings (SSSR count). The zero-order valence-electron chi connectivity index (χ0n) is 14.0. The van der Waals surface area contributed by atoms with Gasteiger partial charge in [0.05, 0.1) is 0 Å². The summed E-state index contributed by atoms with van der Waals surface area (Å²) in [7, 11) is 0. The van der Waals surface area contributed by atoms with Crippen LogP contribution in [0.2, 0.25) is 5.02 Å². The Balaban J connectivity index is 1.64. The number of nitrogens with zero attached hydrogens (tertiary/aromatic N) is 2. The summed E-state index contributed by atoms with van der Waals surface area (Å²) in [6.45, 7) is 2.96. The molecule has 4 nitrogen and oxygen atoms in total. The van der Waals surface area contributed by atoms with Crippen LogP contribution in [0.3, 0.4) is 0 Å². The predicted octanol–water partition coefficient (Wildman–Crippen LogP) is 4.37. The van der Waals surface area contributed by atoms with Crippen LogP contribution in [0.4, 0.5) is 10.5 Å². The molecule has 1 fully saturated rings. The summed E-state index contributed by atoms with van der Waals surface area (Å²) in [6.07, 6.45) is 0.906. The highest BCUT2D eigenvalue weighted by atomic mass is 35.5. The molecule has 0 radical (unpaired) electrons. The number of fused-ring (bicyclic) bond motifs is 2. The number of hydrogen-bond donors (Lipinski definition) is 1. The van der Waals surface area contributed by atoms with Crippen molar-refractivity contribution in [2.24, 2.45) is 0 Å². The van der Waals surface area contributed by atoms with E-state index in [2.05, 4.69) is 41.3 Å². The first-order chi connectivity index (χ1) is 12.1. The van der Waals surface area contributed by atoms with Gasteiger partial charge in [0.2, 0.25) is 0 Å². The van der Waals surface area contributed by atoms with Gasteiger partial charge in [0.1, 0.15) is 0 Å². The van der Waals surface area contributed by atoms with Crippen LogP contribution in [0.15, 0.2) is 48.5 Å². The molecule has 25 heavy (non-hydrogen) atoms. The van der Waals surface area contributed by atoms with Gasteiger partial charge in [-0.3, -0.25) is 0 Å². The molecule has 5 heteroatoms. The maximum Gasteiger partial charge on any atom is 0.407 e. The summed E-state index contributed by atoms with van der Waals surface area (Å²) < 4.78 is 0. The van der Waals surface area contributed by atoms with Crippen LogP contribution >= 0.6 is 11.6 Å². The van der Waals surface area contributed by atoms with E-state index in [0.29, 0.717) is 13.1 Å². The molecule has 0 atom stereocenters. The lowest BCUT2D eigenvalue weighted by Crippen LogP contribution is -2.46. The third-order valence-electron chi connectivity index (χ3n) is 5.57. The number of rotatable bonds is 2. The van der Waals surface area contributed by atoms with Gasteiger partial charge >= 0.3 is 6.09 Å². The van der Waals surface area contributed by atoms with Crippen molar-refractivity contribution in [3.63, 3.8) is 0 Å². The second-order valence-electron chi connectivity index (χ2n) is 7.05. The first kappa shape index (κ1) is 16.3. The molecule has 0 aliphatic carbocycles. The van der Waals surface area contributed by atoms with Crippen molar-refractivity contribution >= 4 is 23.4 Å². The zero-order chi connectivity index (χ0) is 17.4. The number of likely N-dealkylation sites (tertiary alicyclic amines) is 1. The number of carbonyl (C=O) groups is 1. The van der Waals surface area contributed by atoms with Gasteiger partial charge in [0.15, 0.2) is 0 Å².